The summed E-state index contributed by atoms with van der Waals surface area (Å²) < 4.78 is 7.11. The van der Waals surface area contributed by atoms with Crippen LogP contribution in [0.4, 0.5) is 0 Å². The van der Waals surface area contributed by atoms with Crippen molar-refractivity contribution in [1.82, 2.24) is 24.5 Å². The van der Waals surface area contributed by atoms with Crippen LogP contribution in [0.2, 0.25) is 5.02 Å². The van der Waals surface area contributed by atoms with Crippen LogP contribution in [0.3, 0.4) is 0 Å². The number of carbonyl (C=O) groups excluding carboxylic acids is 2. The predicted molar refractivity (Wildman–Crippen MR) is 118 cm³/mol. The average molecular weight is 446 g/mol. The van der Waals surface area contributed by atoms with Crippen LogP contribution >= 0.6 is 11.6 Å². The number of aromatic nitrogens is 2. The quantitative estimate of drug-likeness (QED) is 0.717. The largest absolute Gasteiger partial charge is 0.379 e. The fourth-order valence-electron chi connectivity index (χ4n) is 4.01. The standard InChI is InChI=1S/C22H28ClN5O3/c1-16-21(23)17(2)28(24-16)19-5-3-18(4-6-19)22(30)27-9-7-26(8-10-27)20(29)15-25-11-13-31-14-12-25/h3-6H,7-15H2,1-2H3. The SMILES string of the molecule is Cc1nn(-c2ccc(C(=O)N3CCN(C(=O)CN4CCOCC4)CC3)cc2)c(C)c1Cl. The van der Waals surface area contributed by atoms with Gasteiger partial charge in [-0.05, 0) is 38.1 Å². The number of ether oxygens (including phenoxy) is 1. The van der Waals surface area contributed by atoms with Crippen LogP contribution in [0, 0.1) is 13.8 Å². The van der Waals surface area contributed by atoms with Crippen molar-refractivity contribution in [2.75, 3.05) is 59.0 Å². The maximum absolute atomic E-state index is 12.9. The topological polar surface area (TPSA) is 70.9 Å². The van der Waals surface area contributed by atoms with Gasteiger partial charge in [-0.15, -0.1) is 0 Å². The van der Waals surface area contributed by atoms with Crippen LogP contribution in [-0.4, -0.2) is 95.3 Å². The molecule has 0 N–H and O–H groups in total. The van der Waals surface area contributed by atoms with E-state index < -0.39 is 0 Å². The molecule has 2 saturated heterocycles. The molecular formula is C22H28ClN5O3. The van der Waals surface area contributed by atoms with Gasteiger partial charge in [-0.3, -0.25) is 14.5 Å². The fraction of sp³-hybridized carbons (Fsp3) is 0.500. The minimum atomic E-state index is -0.0155. The molecule has 3 heterocycles. The van der Waals surface area contributed by atoms with Crippen molar-refractivity contribution in [3.63, 3.8) is 0 Å². The van der Waals surface area contributed by atoms with Gasteiger partial charge in [0.2, 0.25) is 5.91 Å². The summed E-state index contributed by atoms with van der Waals surface area (Å²) in [5.41, 5.74) is 3.14. The molecule has 8 nitrogen and oxygen atoms in total. The van der Waals surface area contributed by atoms with Crippen LogP contribution in [0.15, 0.2) is 24.3 Å². The number of halogens is 1. The van der Waals surface area contributed by atoms with Crippen molar-refractivity contribution in [3.8, 4) is 5.69 Å². The summed E-state index contributed by atoms with van der Waals surface area (Å²) >= 11 is 6.24. The molecule has 2 aliphatic heterocycles. The van der Waals surface area contributed by atoms with Crippen molar-refractivity contribution < 1.29 is 14.3 Å². The molecule has 0 aliphatic carbocycles. The van der Waals surface area contributed by atoms with Gasteiger partial charge in [-0.25, -0.2) is 4.68 Å². The van der Waals surface area contributed by atoms with Crippen molar-refractivity contribution in [3.05, 3.63) is 46.2 Å². The van der Waals surface area contributed by atoms with E-state index in [0.717, 1.165) is 30.2 Å². The van der Waals surface area contributed by atoms with E-state index in [1.165, 1.54) is 0 Å². The number of piperazine rings is 1. The van der Waals surface area contributed by atoms with Gasteiger partial charge in [0.1, 0.15) is 0 Å². The molecule has 0 radical (unpaired) electrons. The lowest BCUT2D eigenvalue weighted by Crippen LogP contribution is -2.53. The van der Waals surface area contributed by atoms with Gasteiger partial charge < -0.3 is 14.5 Å². The third-order valence-electron chi connectivity index (χ3n) is 5.94. The first-order chi connectivity index (χ1) is 14.9. The van der Waals surface area contributed by atoms with E-state index in [2.05, 4.69) is 10.00 Å². The van der Waals surface area contributed by atoms with Gasteiger partial charge in [0.15, 0.2) is 0 Å². The van der Waals surface area contributed by atoms with E-state index in [9.17, 15) is 9.59 Å². The molecule has 2 aliphatic rings. The molecule has 0 unspecified atom stereocenters. The van der Waals surface area contributed by atoms with Gasteiger partial charge in [0.05, 0.1) is 41.9 Å². The molecule has 0 spiro atoms. The molecule has 4 rings (SSSR count). The number of amides is 2. The highest BCUT2D eigenvalue weighted by Crippen LogP contribution is 2.22. The first-order valence-electron chi connectivity index (χ1n) is 10.6. The van der Waals surface area contributed by atoms with Crippen molar-refractivity contribution in [1.29, 1.82) is 0 Å². The molecule has 1 aromatic heterocycles. The summed E-state index contributed by atoms with van der Waals surface area (Å²) in [4.78, 5) is 31.3. The number of rotatable bonds is 4. The Morgan fingerprint density at radius 3 is 2.16 bits per heavy atom. The Labute approximate surface area is 187 Å². The van der Waals surface area contributed by atoms with Crippen LogP contribution in [0.1, 0.15) is 21.7 Å². The molecule has 0 bridgehead atoms. The summed E-state index contributed by atoms with van der Waals surface area (Å²) in [5.74, 6) is 0.111. The Morgan fingerprint density at radius 1 is 0.968 bits per heavy atom. The minimum Gasteiger partial charge on any atom is -0.379 e. The third-order valence-corrected chi connectivity index (χ3v) is 6.49. The maximum Gasteiger partial charge on any atom is 0.253 e. The number of nitrogens with zero attached hydrogens (tertiary/aromatic N) is 5. The number of hydrogen-bond acceptors (Lipinski definition) is 5. The Morgan fingerprint density at radius 2 is 1.58 bits per heavy atom. The molecule has 2 amide bonds. The molecule has 0 atom stereocenters. The van der Waals surface area contributed by atoms with E-state index in [1.54, 1.807) is 4.68 Å². The van der Waals surface area contributed by atoms with E-state index >= 15 is 0 Å². The average Bonchev–Trinajstić information content (AvgIpc) is 3.06. The Kier molecular flexibility index (Phi) is 6.60. The Balaban J connectivity index is 1.33. The van der Waals surface area contributed by atoms with Gasteiger partial charge in [-0.2, -0.15) is 5.10 Å². The van der Waals surface area contributed by atoms with Gasteiger partial charge in [0, 0.05) is 44.8 Å². The molecular weight excluding hydrogens is 418 g/mol. The summed E-state index contributed by atoms with van der Waals surface area (Å²) in [6, 6.07) is 7.40. The smallest absolute Gasteiger partial charge is 0.253 e. The van der Waals surface area contributed by atoms with Gasteiger partial charge >= 0.3 is 0 Å². The third kappa shape index (κ3) is 4.76. The van der Waals surface area contributed by atoms with Crippen LogP contribution < -0.4 is 0 Å². The first-order valence-corrected chi connectivity index (χ1v) is 11.0. The number of morpholine rings is 1. The summed E-state index contributed by atoms with van der Waals surface area (Å²) in [6.07, 6.45) is 0. The highest BCUT2D eigenvalue weighted by atomic mass is 35.5. The van der Waals surface area contributed by atoms with Crippen molar-refractivity contribution >= 4 is 23.4 Å². The predicted octanol–water partition coefficient (Wildman–Crippen LogP) is 1.76. The fourth-order valence-corrected chi connectivity index (χ4v) is 4.13. The number of benzene rings is 1. The molecule has 31 heavy (non-hydrogen) atoms. The lowest BCUT2D eigenvalue weighted by Gasteiger charge is -2.36. The minimum absolute atomic E-state index is 0.0155. The van der Waals surface area contributed by atoms with E-state index in [0.29, 0.717) is 56.5 Å². The summed E-state index contributed by atoms with van der Waals surface area (Å²) in [5, 5.41) is 5.11. The van der Waals surface area contributed by atoms with E-state index in [-0.39, 0.29) is 11.8 Å². The number of aryl methyl sites for hydroxylation is 1. The molecule has 9 heteroatoms. The molecule has 2 aromatic rings. The highest BCUT2D eigenvalue weighted by molar-refractivity contribution is 6.31. The van der Waals surface area contributed by atoms with Crippen LogP contribution in [0.25, 0.3) is 5.69 Å². The lowest BCUT2D eigenvalue weighted by atomic mass is 10.1. The maximum atomic E-state index is 12.9. The number of carbonyl (C=O) groups is 2. The zero-order chi connectivity index (χ0) is 22.0. The Bertz CT molecular complexity index is 945. The normalized spacial score (nSPS) is 17.8. The Hall–Kier alpha value is -2.42. The second-order valence-corrected chi connectivity index (χ2v) is 8.38. The van der Waals surface area contributed by atoms with Crippen molar-refractivity contribution in [2.45, 2.75) is 13.8 Å². The second kappa shape index (κ2) is 9.38. The zero-order valence-electron chi connectivity index (χ0n) is 18.0. The number of hydrogen-bond donors (Lipinski definition) is 0. The van der Waals surface area contributed by atoms with Crippen LogP contribution in [-0.2, 0) is 9.53 Å². The summed E-state index contributed by atoms with van der Waals surface area (Å²) in [6.45, 7) is 9.39. The van der Waals surface area contributed by atoms with E-state index in [4.69, 9.17) is 16.3 Å². The zero-order valence-corrected chi connectivity index (χ0v) is 18.8. The first kappa shape index (κ1) is 21.8. The van der Waals surface area contributed by atoms with Gasteiger partial charge in [-0.1, -0.05) is 11.6 Å². The summed E-state index contributed by atoms with van der Waals surface area (Å²) in [7, 11) is 0. The van der Waals surface area contributed by atoms with Crippen LogP contribution in [0.5, 0.6) is 0 Å². The molecule has 0 saturated carbocycles. The van der Waals surface area contributed by atoms with Gasteiger partial charge in [0.25, 0.3) is 5.91 Å². The molecule has 166 valence electrons. The van der Waals surface area contributed by atoms with Crippen molar-refractivity contribution in [2.24, 2.45) is 0 Å². The monoisotopic (exact) mass is 445 g/mol. The lowest BCUT2D eigenvalue weighted by molar-refractivity contribution is -0.134. The molecule has 1 aromatic carbocycles. The van der Waals surface area contributed by atoms with E-state index in [1.807, 2.05) is 47.9 Å². The highest BCUT2D eigenvalue weighted by Gasteiger charge is 2.26. The second-order valence-electron chi connectivity index (χ2n) is 8.00. The molecule has 2 fully saturated rings.